The van der Waals surface area contributed by atoms with Gasteiger partial charge in [0.15, 0.2) is 11.5 Å². The van der Waals surface area contributed by atoms with Crippen molar-refractivity contribution in [2.24, 2.45) is 0 Å². The largest absolute Gasteiger partial charge is 0.493 e. The molecule has 0 radical (unpaired) electrons. The average molecular weight is 594 g/mol. The van der Waals surface area contributed by atoms with Crippen molar-refractivity contribution in [1.82, 2.24) is 14.5 Å². The van der Waals surface area contributed by atoms with Gasteiger partial charge in [0.05, 0.1) is 36.9 Å². The minimum atomic E-state index is -0.573. The van der Waals surface area contributed by atoms with Gasteiger partial charge in [0.1, 0.15) is 11.6 Å². The number of aryl methyl sites for hydroxylation is 1. The molecular weight excluding hydrogens is 557 g/mol. The molecule has 8 heteroatoms. The van der Waals surface area contributed by atoms with Crippen molar-refractivity contribution in [3.05, 3.63) is 130 Å². The Morgan fingerprint density at radius 3 is 2.23 bits per heavy atom. The number of benzene rings is 4. The predicted octanol–water partition coefficient (Wildman–Crippen LogP) is 6.94. The van der Waals surface area contributed by atoms with Crippen LogP contribution < -0.4 is 15.0 Å². The number of para-hydroxylation sites is 1. The van der Waals surface area contributed by atoms with Crippen LogP contribution in [0.3, 0.4) is 0 Å². The first-order valence-electron chi connectivity index (χ1n) is 14.8. The average Bonchev–Trinajstić information content (AvgIpc) is 3.06. The van der Waals surface area contributed by atoms with E-state index in [0.29, 0.717) is 58.9 Å². The lowest BCUT2D eigenvalue weighted by Crippen LogP contribution is -2.39. The van der Waals surface area contributed by atoms with E-state index in [4.69, 9.17) is 14.5 Å². The molecule has 0 spiro atoms. The minimum Gasteiger partial charge on any atom is -0.493 e. The molecule has 5 rings (SSSR count). The van der Waals surface area contributed by atoms with Gasteiger partial charge in [0.2, 0.25) is 0 Å². The smallest absolute Gasteiger partial charge is 0.266 e. The van der Waals surface area contributed by atoms with E-state index in [1.807, 2.05) is 67.6 Å². The number of hydrogen-bond acceptors (Lipinski definition) is 5. The summed E-state index contributed by atoms with van der Waals surface area (Å²) in [7, 11) is 3.16. The van der Waals surface area contributed by atoms with Gasteiger partial charge in [-0.05, 0) is 91.1 Å². The third-order valence-electron chi connectivity index (χ3n) is 7.91. The summed E-state index contributed by atoms with van der Waals surface area (Å²) in [5.41, 5.74) is 3.46. The molecule has 0 aliphatic carbocycles. The number of nitrogens with zero attached hydrogens (tertiary/aromatic N) is 3. The number of carbonyl (C=O) groups excluding carboxylic acids is 1. The van der Waals surface area contributed by atoms with Crippen molar-refractivity contribution in [2.45, 2.75) is 39.2 Å². The van der Waals surface area contributed by atoms with E-state index in [1.54, 1.807) is 29.8 Å². The van der Waals surface area contributed by atoms with E-state index in [2.05, 4.69) is 6.92 Å². The maximum Gasteiger partial charge on any atom is 0.266 e. The Labute approximate surface area is 256 Å². The topological polar surface area (TPSA) is 73.7 Å². The van der Waals surface area contributed by atoms with Crippen molar-refractivity contribution in [3.8, 4) is 17.2 Å². The second-order valence-electron chi connectivity index (χ2n) is 10.5. The highest BCUT2D eigenvalue weighted by Crippen LogP contribution is 2.30. The maximum absolute atomic E-state index is 14.2. The van der Waals surface area contributed by atoms with Crippen molar-refractivity contribution in [2.75, 3.05) is 20.8 Å². The zero-order valence-corrected chi connectivity index (χ0v) is 25.4. The van der Waals surface area contributed by atoms with E-state index >= 15 is 0 Å². The van der Waals surface area contributed by atoms with Gasteiger partial charge in [-0.3, -0.25) is 14.2 Å². The van der Waals surface area contributed by atoms with E-state index in [1.165, 1.54) is 24.3 Å². The molecule has 1 amide bonds. The summed E-state index contributed by atoms with van der Waals surface area (Å²) >= 11 is 0. The summed E-state index contributed by atoms with van der Waals surface area (Å²) in [6.07, 6.45) is 1.84. The Kier molecular flexibility index (Phi) is 9.38. The predicted molar refractivity (Wildman–Crippen MR) is 170 cm³/mol. The highest BCUT2D eigenvalue weighted by Gasteiger charge is 2.30. The molecule has 1 heterocycles. The molecule has 7 nitrogen and oxygen atoms in total. The summed E-state index contributed by atoms with van der Waals surface area (Å²) < 4.78 is 26.3. The number of hydrogen-bond donors (Lipinski definition) is 0. The van der Waals surface area contributed by atoms with Crippen LogP contribution in [0.2, 0.25) is 0 Å². The first kappa shape index (κ1) is 30.5. The number of amides is 1. The highest BCUT2D eigenvalue weighted by molar-refractivity contribution is 5.94. The highest BCUT2D eigenvalue weighted by atomic mass is 19.1. The lowest BCUT2D eigenvalue weighted by Gasteiger charge is -2.32. The third-order valence-corrected chi connectivity index (χ3v) is 7.91. The molecule has 0 fully saturated rings. The molecule has 0 saturated carbocycles. The molecule has 0 aliphatic heterocycles. The molecule has 0 aliphatic rings. The number of fused-ring (bicyclic) bond motifs is 1. The van der Waals surface area contributed by atoms with Crippen LogP contribution >= 0.6 is 0 Å². The number of halogens is 1. The van der Waals surface area contributed by atoms with Crippen molar-refractivity contribution in [1.29, 1.82) is 0 Å². The minimum absolute atomic E-state index is 0.206. The number of aromatic nitrogens is 2. The van der Waals surface area contributed by atoms with E-state index in [9.17, 15) is 14.0 Å². The Morgan fingerprint density at radius 2 is 1.57 bits per heavy atom. The number of rotatable bonds is 11. The molecule has 1 atom stereocenters. The van der Waals surface area contributed by atoms with Crippen LogP contribution in [0.15, 0.2) is 95.8 Å². The third kappa shape index (κ3) is 6.20. The Hall–Kier alpha value is -4.98. The zero-order valence-electron chi connectivity index (χ0n) is 25.4. The quantitative estimate of drug-likeness (QED) is 0.166. The van der Waals surface area contributed by atoms with E-state index in [-0.39, 0.29) is 11.5 Å². The van der Waals surface area contributed by atoms with E-state index in [0.717, 1.165) is 17.5 Å². The molecule has 226 valence electrons. The monoisotopic (exact) mass is 593 g/mol. The van der Waals surface area contributed by atoms with Crippen LogP contribution in [-0.4, -0.2) is 41.1 Å². The zero-order chi connectivity index (χ0) is 31.2. The van der Waals surface area contributed by atoms with Gasteiger partial charge in [0, 0.05) is 12.1 Å². The Bertz CT molecular complexity index is 1820. The van der Waals surface area contributed by atoms with Gasteiger partial charge in [-0.25, -0.2) is 9.37 Å². The van der Waals surface area contributed by atoms with Crippen LogP contribution in [0.1, 0.15) is 53.6 Å². The molecule has 1 aromatic heterocycles. The summed E-state index contributed by atoms with van der Waals surface area (Å²) in [5, 5.41) is 0.493. The lowest BCUT2D eigenvalue weighted by atomic mass is 10.0. The molecule has 0 N–H and O–H groups in total. The molecular formula is C36H36FN3O4. The summed E-state index contributed by atoms with van der Waals surface area (Å²) in [5.74, 6) is 0.955. The van der Waals surface area contributed by atoms with Crippen LogP contribution in [0.25, 0.3) is 16.6 Å². The molecule has 0 saturated heterocycles. The van der Waals surface area contributed by atoms with Gasteiger partial charge < -0.3 is 14.4 Å². The van der Waals surface area contributed by atoms with Crippen molar-refractivity contribution >= 4 is 16.8 Å². The Balaban J connectivity index is 1.65. The van der Waals surface area contributed by atoms with Crippen LogP contribution in [0.5, 0.6) is 11.5 Å². The summed E-state index contributed by atoms with van der Waals surface area (Å²) in [6.45, 7) is 4.36. The van der Waals surface area contributed by atoms with Crippen LogP contribution in [0, 0.1) is 5.82 Å². The van der Waals surface area contributed by atoms with Gasteiger partial charge >= 0.3 is 0 Å². The first-order chi connectivity index (χ1) is 21.4. The fourth-order valence-corrected chi connectivity index (χ4v) is 5.49. The second kappa shape index (κ2) is 13.5. The van der Waals surface area contributed by atoms with Gasteiger partial charge in [0.25, 0.3) is 11.5 Å². The SMILES string of the molecule is CCc1ccc(-n2c(C(CC)N(CCc3ccc(OC)c(OC)c3)C(=O)c3ccc(F)cc3)nc3ccccc3c2=O)cc1. The molecule has 44 heavy (non-hydrogen) atoms. The molecule has 0 bridgehead atoms. The van der Waals surface area contributed by atoms with E-state index < -0.39 is 11.9 Å². The first-order valence-corrected chi connectivity index (χ1v) is 14.8. The summed E-state index contributed by atoms with van der Waals surface area (Å²) in [4.78, 5) is 35.0. The van der Waals surface area contributed by atoms with Gasteiger partial charge in [-0.2, -0.15) is 0 Å². The second-order valence-corrected chi connectivity index (χ2v) is 10.5. The fraction of sp³-hybridized carbons (Fsp3) is 0.250. The number of methoxy groups -OCH3 is 2. The summed E-state index contributed by atoms with van der Waals surface area (Å²) in [6, 6.07) is 25.7. The van der Waals surface area contributed by atoms with Crippen molar-refractivity contribution < 1.29 is 18.7 Å². The normalized spacial score (nSPS) is 11.8. The standard InChI is InChI=1S/C36H36FN3O4/c1-5-24-11-18-28(19-12-24)40-34(38-30-10-8-7-9-29(30)36(40)42)31(6-2)39(35(41)26-14-16-27(37)17-15-26)22-21-25-13-20-32(43-3)33(23-25)44-4/h7-20,23,31H,5-6,21-22H2,1-4H3. The Morgan fingerprint density at radius 1 is 0.886 bits per heavy atom. The van der Waals surface area contributed by atoms with Gasteiger partial charge in [-0.15, -0.1) is 0 Å². The molecule has 5 aromatic rings. The van der Waals surface area contributed by atoms with Gasteiger partial charge in [-0.1, -0.05) is 44.2 Å². The number of ether oxygens (including phenoxy) is 2. The van der Waals surface area contributed by atoms with Crippen molar-refractivity contribution in [3.63, 3.8) is 0 Å². The van der Waals surface area contributed by atoms with Crippen LogP contribution in [-0.2, 0) is 12.8 Å². The number of carbonyl (C=O) groups is 1. The molecule has 1 unspecified atom stereocenters. The lowest BCUT2D eigenvalue weighted by molar-refractivity contribution is 0.0661. The molecule has 4 aromatic carbocycles. The van der Waals surface area contributed by atoms with Crippen LogP contribution in [0.4, 0.5) is 4.39 Å². The fourth-order valence-electron chi connectivity index (χ4n) is 5.49. The maximum atomic E-state index is 14.2.